The number of aromatic nitrogens is 1. The van der Waals surface area contributed by atoms with Gasteiger partial charge < -0.3 is 20.3 Å². The smallest absolute Gasteiger partial charge is 0.302 e. The summed E-state index contributed by atoms with van der Waals surface area (Å²) in [5.74, 6) is -0.723. The number of amides is 2. The summed E-state index contributed by atoms with van der Waals surface area (Å²) < 4.78 is 6.13. The molecule has 12 nitrogen and oxygen atoms in total. The Balaban J connectivity index is 1.64. The van der Waals surface area contributed by atoms with Gasteiger partial charge in [0.25, 0.3) is 17.5 Å². The molecule has 2 aliphatic rings. The number of pyridine rings is 1. The molecule has 0 bridgehead atoms. The van der Waals surface area contributed by atoms with Crippen LogP contribution in [0.4, 0.5) is 17.1 Å². The van der Waals surface area contributed by atoms with Crippen LogP contribution in [0.5, 0.6) is 0 Å². The summed E-state index contributed by atoms with van der Waals surface area (Å²) in [4.78, 5) is 49.1. The number of nitro benzene ring substituents is 1. The van der Waals surface area contributed by atoms with E-state index in [1.807, 2.05) is 13.8 Å². The van der Waals surface area contributed by atoms with Gasteiger partial charge >= 0.3 is 6.17 Å². The van der Waals surface area contributed by atoms with Crippen LogP contribution in [0, 0.1) is 16.7 Å². The zero-order valence-electron chi connectivity index (χ0n) is 21.2. The molecule has 0 radical (unpaired) electrons. The Morgan fingerprint density at radius 3 is 2.53 bits per heavy atom. The second-order valence-electron chi connectivity index (χ2n) is 9.43. The minimum absolute atomic E-state index is 0.0666. The Bertz CT molecular complexity index is 1290. The van der Waals surface area contributed by atoms with Crippen molar-refractivity contribution in [3.05, 3.63) is 67.7 Å². The number of carbonyl (C=O) groups excluding carboxylic acids is 2. The molecule has 2 saturated heterocycles. The quantitative estimate of drug-likeness (QED) is 0.298. The van der Waals surface area contributed by atoms with Crippen molar-refractivity contribution in [3.63, 3.8) is 0 Å². The lowest BCUT2D eigenvalue weighted by Gasteiger charge is -2.35. The molecule has 4 atom stereocenters. The van der Waals surface area contributed by atoms with Crippen molar-refractivity contribution in [2.75, 3.05) is 37.3 Å². The minimum Gasteiger partial charge on any atom is -0.387 e. The van der Waals surface area contributed by atoms with Crippen LogP contribution in [-0.4, -0.2) is 82.6 Å². The second kappa shape index (κ2) is 11.3. The molecule has 1 aromatic heterocycles. The number of rotatable bonds is 6. The highest BCUT2D eigenvalue weighted by Crippen LogP contribution is 2.36. The molecular weight excluding hydrogens is 558 g/mol. The van der Waals surface area contributed by atoms with Crippen molar-refractivity contribution < 1.29 is 19.2 Å². The van der Waals surface area contributed by atoms with E-state index < -0.39 is 17.1 Å². The molecule has 200 valence electrons. The topological polar surface area (TPSA) is 134 Å². The third kappa shape index (κ3) is 5.71. The predicted molar refractivity (Wildman–Crippen MR) is 144 cm³/mol. The van der Waals surface area contributed by atoms with Crippen molar-refractivity contribution >= 4 is 44.8 Å². The average molecular weight is 586 g/mol. The van der Waals surface area contributed by atoms with Gasteiger partial charge in [-0.1, -0.05) is 15.9 Å². The van der Waals surface area contributed by atoms with Gasteiger partial charge in [0.05, 0.1) is 46.4 Å². The summed E-state index contributed by atoms with van der Waals surface area (Å²) in [6.07, 6.45) is 2.13. The minimum atomic E-state index is -0.771. The van der Waals surface area contributed by atoms with E-state index >= 15 is 0 Å². The molecule has 0 spiro atoms. The predicted octanol–water partition coefficient (Wildman–Crippen LogP) is 3.62. The Morgan fingerprint density at radius 1 is 1.18 bits per heavy atom. The van der Waals surface area contributed by atoms with E-state index in [-0.39, 0.29) is 53.9 Å². The largest absolute Gasteiger partial charge is 0.387 e. The fraction of sp³-hybridized carbons (Fsp3) is 0.440. The summed E-state index contributed by atoms with van der Waals surface area (Å²) >= 11 is 3.30. The van der Waals surface area contributed by atoms with Crippen LogP contribution in [0.2, 0.25) is 0 Å². The Labute approximate surface area is 228 Å². The Morgan fingerprint density at radius 2 is 1.89 bits per heavy atom. The zero-order chi connectivity index (χ0) is 27.6. The number of carbonyl (C=O) groups is 2. The summed E-state index contributed by atoms with van der Waals surface area (Å²) in [5, 5.41) is 18.1. The first-order chi connectivity index (χ1) is 18.1. The van der Waals surface area contributed by atoms with Gasteiger partial charge in [0.1, 0.15) is 5.69 Å². The molecule has 2 fully saturated rings. The lowest BCUT2D eigenvalue weighted by atomic mass is 10.1. The van der Waals surface area contributed by atoms with E-state index in [0.29, 0.717) is 28.8 Å². The molecule has 4 rings (SSSR count). The second-order valence-corrected chi connectivity index (χ2v) is 10.3. The van der Waals surface area contributed by atoms with Crippen LogP contribution in [0.1, 0.15) is 41.0 Å². The number of anilines is 2. The van der Waals surface area contributed by atoms with Gasteiger partial charge in [0.2, 0.25) is 0 Å². The average Bonchev–Trinajstić information content (AvgIpc) is 3.30. The number of benzene rings is 1. The molecule has 2 N–H and O–H groups in total. The monoisotopic (exact) mass is 585 g/mol. The van der Waals surface area contributed by atoms with E-state index in [4.69, 9.17) is 11.3 Å². The van der Waals surface area contributed by atoms with Crippen molar-refractivity contribution in [1.82, 2.24) is 14.8 Å². The van der Waals surface area contributed by atoms with Gasteiger partial charge in [-0.15, -0.1) is 0 Å². The van der Waals surface area contributed by atoms with Crippen LogP contribution < -0.4 is 10.6 Å². The van der Waals surface area contributed by atoms with Crippen molar-refractivity contribution in [1.29, 1.82) is 0 Å². The summed E-state index contributed by atoms with van der Waals surface area (Å²) in [7, 11) is 1.71. The fourth-order valence-electron chi connectivity index (χ4n) is 4.90. The normalized spacial score (nSPS) is 23.0. The summed E-state index contributed by atoms with van der Waals surface area (Å²) in [6, 6.07) is 4.05. The van der Waals surface area contributed by atoms with Gasteiger partial charge in [0.15, 0.2) is 0 Å². The van der Waals surface area contributed by atoms with Gasteiger partial charge in [0, 0.05) is 49.6 Å². The molecule has 0 unspecified atom stereocenters. The summed E-state index contributed by atoms with van der Waals surface area (Å²) in [6.45, 7) is 12.2. The summed E-state index contributed by atoms with van der Waals surface area (Å²) in [5.41, 5.74) is 0.920. The number of nitrogens with one attached hydrogen (secondary N) is 2. The van der Waals surface area contributed by atoms with E-state index in [9.17, 15) is 19.7 Å². The van der Waals surface area contributed by atoms with Crippen molar-refractivity contribution in [2.45, 2.75) is 44.7 Å². The lowest BCUT2D eigenvalue weighted by molar-refractivity contribution is -0.384. The highest BCUT2D eigenvalue weighted by Gasteiger charge is 2.41. The maximum atomic E-state index is 13.6. The number of nitrogens with zero attached hydrogens (tertiary/aromatic N) is 5. The number of ether oxygens (including phenoxy) is 1. The molecule has 1 aromatic carbocycles. The van der Waals surface area contributed by atoms with E-state index in [2.05, 4.69) is 36.4 Å². The number of morpholine rings is 1. The number of halogens is 1. The molecule has 2 aliphatic heterocycles. The first kappa shape index (κ1) is 27.3. The van der Waals surface area contributed by atoms with Gasteiger partial charge in [-0.2, -0.15) is 0 Å². The van der Waals surface area contributed by atoms with Gasteiger partial charge in [-0.25, -0.2) is 6.57 Å². The Kier molecular flexibility index (Phi) is 8.13. The maximum Gasteiger partial charge on any atom is 0.302 e. The Hall–Kier alpha value is -3.76. The lowest BCUT2D eigenvalue weighted by Crippen LogP contribution is -2.48. The highest BCUT2D eigenvalue weighted by molar-refractivity contribution is 9.10. The standard InChI is InChI=1S/C25H28BrN7O5/c1-14-11-31(12-15(2)38-14)25(35)20-6-17(26)7-21(33(36)37)23(20)30-19-8-22(28-4)32(13-19)24(34)16-5-18(27-3)10-29-9-16/h5-7,9-10,14-15,19,22,27,30H,8,11-13H2,1-3H3/t14-,15+,19-,22-/m1/s1. The molecule has 3 heterocycles. The molecule has 2 aromatic rings. The van der Waals surface area contributed by atoms with Crippen LogP contribution >= 0.6 is 15.9 Å². The number of hydrogen-bond acceptors (Lipinski definition) is 8. The van der Waals surface area contributed by atoms with E-state index in [1.165, 1.54) is 17.2 Å². The maximum absolute atomic E-state index is 13.6. The first-order valence-electron chi connectivity index (χ1n) is 12.1. The molecule has 2 amide bonds. The van der Waals surface area contributed by atoms with Crippen LogP contribution in [0.25, 0.3) is 4.85 Å². The molecule has 13 heteroatoms. The third-order valence-corrected chi connectivity index (χ3v) is 6.98. The van der Waals surface area contributed by atoms with E-state index in [1.54, 1.807) is 30.3 Å². The van der Waals surface area contributed by atoms with Crippen LogP contribution in [0.3, 0.4) is 0 Å². The number of hydrogen-bond donors (Lipinski definition) is 2. The first-order valence-corrected chi connectivity index (χ1v) is 12.9. The van der Waals surface area contributed by atoms with Crippen molar-refractivity contribution in [2.24, 2.45) is 0 Å². The van der Waals surface area contributed by atoms with Crippen LogP contribution in [-0.2, 0) is 4.74 Å². The SMILES string of the molecule is [C-]#[N+][C@H]1C[C@@H](Nc2c(C(=O)N3C[C@@H](C)O[C@@H](C)C3)cc(Br)cc2[N+](=O)[O-])CN1C(=O)c1cncc(NC)c1. The van der Waals surface area contributed by atoms with Crippen molar-refractivity contribution in [3.8, 4) is 0 Å². The zero-order valence-corrected chi connectivity index (χ0v) is 22.8. The highest BCUT2D eigenvalue weighted by atomic mass is 79.9. The third-order valence-electron chi connectivity index (χ3n) is 6.52. The number of likely N-dealkylation sites (tertiary alicyclic amines) is 1. The fourth-order valence-corrected chi connectivity index (χ4v) is 5.34. The van der Waals surface area contributed by atoms with E-state index in [0.717, 1.165) is 0 Å². The number of nitro groups is 1. The molecule has 38 heavy (non-hydrogen) atoms. The van der Waals surface area contributed by atoms with Gasteiger partial charge in [-0.05, 0) is 26.0 Å². The van der Waals surface area contributed by atoms with Gasteiger partial charge in [-0.3, -0.25) is 34.4 Å². The molecular formula is C25H28BrN7O5. The molecule has 0 aliphatic carbocycles. The molecule has 0 saturated carbocycles. The van der Waals surface area contributed by atoms with Crippen LogP contribution in [0.15, 0.2) is 35.1 Å².